The number of carbonyl (C=O) groups excluding carboxylic acids is 1. The van der Waals surface area contributed by atoms with Gasteiger partial charge in [-0.15, -0.1) is 11.3 Å². The van der Waals surface area contributed by atoms with Gasteiger partial charge in [-0.1, -0.05) is 20.8 Å². The maximum atomic E-state index is 12.2. The van der Waals surface area contributed by atoms with Crippen LogP contribution in [0.15, 0.2) is 5.51 Å². The van der Waals surface area contributed by atoms with Crippen molar-refractivity contribution in [3.8, 4) is 0 Å². The third-order valence-corrected chi connectivity index (χ3v) is 5.49. The third kappa shape index (κ3) is 2.84. The molecule has 0 saturated heterocycles. The molecule has 1 aliphatic carbocycles. The highest BCUT2D eigenvalue weighted by Crippen LogP contribution is 2.50. The minimum absolute atomic E-state index is 0.0407. The number of nitrogens with one attached hydrogen (secondary N) is 1. The fourth-order valence-corrected chi connectivity index (χ4v) is 3.57. The van der Waals surface area contributed by atoms with E-state index in [9.17, 15) is 9.90 Å². The van der Waals surface area contributed by atoms with Crippen molar-refractivity contribution >= 4 is 17.2 Å². The van der Waals surface area contributed by atoms with Crippen molar-refractivity contribution in [2.75, 3.05) is 13.2 Å². The Labute approximate surface area is 129 Å². The van der Waals surface area contributed by atoms with E-state index >= 15 is 0 Å². The highest BCUT2D eigenvalue weighted by Gasteiger charge is 2.59. The van der Waals surface area contributed by atoms with Crippen LogP contribution in [0.3, 0.4) is 0 Å². The van der Waals surface area contributed by atoms with E-state index in [2.05, 4.69) is 10.3 Å². The summed E-state index contributed by atoms with van der Waals surface area (Å²) in [4.78, 5) is 17.0. The zero-order chi connectivity index (χ0) is 15.7. The van der Waals surface area contributed by atoms with Crippen LogP contribution in [0.2, 0.25) is 0 Å². The van der Waals surface area contributed by atoms with Crippen molar-refractivity contribution in [2.45, 2.75) is 52.2 Å². The van der Waals surface area contributed by atoms with Crippen LogP contribution in [0.1, 0.15) is 49.5 Å². The van der Waals surface area contributed by atoms with Crippen LogP contribution in [0.25, 0.3) is 0 Å². The Kier molecular flexibility index (Phi) is 4.70. The molecule has 5 nitrogen and oxygen atoms in total. The van der Waals surface area contributed by atoms with Crippen LogP contribution < -0.4 is 5.32 Å². The Morgan fingerprint density at radius 2 is 2.29 bits per heavy atom. The second kappa shape index (κ2) is 6.02. The highest BCUT2D eigenvalue weighted by atomic mass is 32.1. The van der Waals surface area contributed by atoms with Gasteiger partial charge in [0.2, 0.25) is 0 Å². The van der Waals surface area contributed by atoms with Gasteiger partial charge in [-0.3, -0.25) is 4.79 Å². The first-order chi connectivity index (χ1) is 9.85. The molecule has 1 heterocycles. The summed E-state index contributed by atoms with van der Waals surface area (Å²) in [6.45, 7) is 8.76. The first-order valence-electron chi connectivity index (χ1n) is 7.40. The fraction of sp³-hybridized carbons (Fsp3) is 0.733. The number of rotatable bonds is 6. The molecule has 1 aromatic rings. The molecular weight excluding hydrogens is 288 g/mol. The van der Waals surface area contributed by atoms with Gasteiger partial charge < -0.3 is 15.2 Å². The molecule has 2 unspecified atom stereocenters. The number of carbonyl (C=O) groups is 1. The first kappa shape index (κ1) is 16.4. The van der Waals surface area contributed by atoms with Crippen molar-refractivity contribution in [1.29, 1.82) is 0 Å². The summed E-state index contributed by atoms with van der Waals surface area (Å²) in [6, 6.07) is 0. The fourth-order valence-electron chi connectivity index (χ4n) is 2.77. The normalized spacial score (nSPS) is 27.2. The highest BCUT2D eigenvalue weighted by molar-refractivity contribution is 7.11. The van der Waals surface area contributed by atoms with E-state index in [4.69, 9.17) is 4.74 Å². The van der Waals surface area contributed by atoms with Crippen molar-refractivity contribution in [2.24, 2.45) is 5.41 Å². The largest absolute Gasteiger partial charge is 0.387 e. The predicted molar refractivity (Wildman–Crippen MR) is 82.6 cm³/mol. The summed E-state index contributed by atoms with van der Waals surface area (Å²) in [5.74, 6) is -0.154. The molecule has 0 aliphatic heterocycles. The Morgan fingerprint density at radius 1 is 1.57 bits per heavy atom. The summed E-state index contributed by atoms with van der Waals surface area (Å²) in [5.41, 5.74) is 1.21. The van der Waals surface area contributed by atoms with Gasteiger partial charge in [0.1, 0.15) is 4.88 Å². The molecule has 118 valence electrons. The lowest BCUT2D eigenvalue weighted by atomic mass is 9.56. The number of hydrogen-bond donors (Lipinski definition) is 2. The van der Waals surface area contributed by atoms with E-state index in [1.165, 1.54) is 11.3 Å². The number of aliphatic hydroxyl groups is 1. The van der Waals surface area contributed by atoms with E-state index in [0.29, 0.717) is 17.9 Å². The number of thiazole rings is 1. The molecule has 2 atom stereocenters. The number of amides is 1. The molecule has 1 fully saturated rings. The Morgan fingerprint density at radius 3 is 2.86 bits per heavy atom. The van der Waals surface area contributed by atoms with Crippen molar-refractivity contribution < 1.29 is 14.6 Å². The molecule has 1 aliphatic rings. The van der Waals surface area contributed by atoms with E-state index in [0.717, 1.165) is 12.1 Å². The number of aromatic nitrogens is 1. The Hall–Kier alpha value is -0.980. The smallest absolute Gasteiger partial charge is 0.263 e. The summed E-state index contributed by atoms with van der Waals surface area (Å²) in [6.07, 6.45) is 1.32. The van der Waals surface area contributed by atoms with Crippen LogP contribution in [0.4, 0.5) is 0 Å². The first-order valence-corrected chi connectivity index (χ1v) is 8.28. The van der Waals surface area contributed by atoms with E-state index < -0.39 is 5.60 Å². The predicted octanol–water partition coefficient (Wildman–Crippen LogP) is 2.00. The summed E-state index contributed by atoms with van der Waals surface area (Å²) >= 11 is 1.34. The number of nitrogens with zero attached hydrogens (tertiary/aromatic N) is 1. The SMILES string of the molecule is CCOC1CC(O)(CNC(=O)c2scnc2CC)C1(C)C. The van der Waals surface area contributed by atoms with Gasteiger partial charge in [-0.2, -0.15) is 0 Å². The van der Waals surface area contributed by atoms with Crippen molar-refractivity contribution in [3.63, 3.8) is 0 Å². The van der Waals surface area contributed by atoms with Gasteiger partial charge >= 0.3 is 0 Å². The molecule has 0 aromatic carbocycles. The standard InChI is InChI=1S/C15H24N2O3S/c1-5-10-12(21-9-17-10)13(18)16-8-15(19)7-11(20-6-2)14(15,3)4/h9,11,19H,5-8H2,1-4H3,(H,16,18). The minimum atomic E-state index is -0.917. The number of hydrogen-bond acceptors (Lipinski definition) is 5. The summed E-state index contributed by atoms with van der Waals surface area (Å²) in [7, 11) is 0. The molecule has 1 aromatic heterocycles. The topological polar surface area (TPSA) is 71.5 Å². The van der Waals surface area contributed by atoms with Crippen molar-refractivity contribution in [3.05, 3.63) is 16.1 Å². The molecule has 2 rings (SSSR count). The van der Waals surface area contributed by atoms with Crippen LogP contribution in [0.5, 0.6) is 0 Å². The number of aryl methyl sites for hydroxylation is 1. The zero-order valence-corrected chi connectivity index (χ0v) is 13.9. The average molecular weight is 312 g/mol. The maximum Gasteiger partial charge on any atom is 0.263 e. The van der Waals surface area contributed by atoms with Crippen LogP contribution in [0, 0.1) is 5.41 Å². The minimum Gasteiger partial charge on any atom is -0.387 e. The van der Waals surface area contributed by atoms with Gasteiger partial charge in [0.05, 0.1) is 22.9 Å². The van der Waals surface area contributed by atoms with E-state index in [-0.39, 0.29) is 24.0 Å². The molecule has 0 radical (unpaired) electrons. The van der Waals surface area contributed by atoms with Crippen LogP contribution in [-0.2, 0) is 11.2 Å². The Bertz CT molecular complexity index is 515. The van der Waals surface area contributed by atoms with Gasteiger partial charge in [-0.25, -0.2) is 4.98 Å². The van der Waals surface area contributed by atoms with Crippen LogP contribution in [-0.4, -0.2) is 40.9 Å². The van der Waals surface area contributed by atoms with Gasteiger partial charge in [-0.05, 0) is 13.3 Å². The van der Waals surface area contributed by atoms with E-state index in [1.807, 2.05) is 27.7 Å². The number of ether oxygens (including phenoxy) is 1. The maximum absolute atomic E-state index is 12.2. The lowest BCUT2D eigenvalue weighted by molar-refractivity contribution is -0.237. The molecular formula is C15H24N2O3S. The molecule has 1 saturated carbocycles. The van der Waals surface area contributed by atoms with Crippen LogP contribution >= 0.6 is 11.3 Å². The monoisotopic (exact) mass is 312 g/mol. The summed E-state index contributed by atoms with van der Waals surface area (Å²) < 4.78 is 5.62. The summed E-state index contributed by atoms with van der Waals surface area (Å²) in [5, 5.41) is 13.5. The van der Waals surface area contributed by atoms with E-state index in [1.54, 1.807) is 5.51 Å². The third-order valence-electron chi connectivity index (χ3n) is 4.62. The zero-order valence-electron chi connectivity index (χ0n) is 13.1. The lowest BCUT2D eigenvalue weighted by Gasteiger charge is -2.57. The van der Waals surface area contributed by atoms with Gasteiger partial charge in [0, 0.05) is 25.0 Å². The Balaban J connectivity index is 1.96. The molecule has 0 spiro atoms. The molecule has 1 amide bonds. The molecule has 6 heteroatoms. The lowest BCUT2D eigenvalue weighted by Crippen LogP contribution is -2.68. The van der Waals surface area contributed by atoms with Crippen molar-refractivity contribution in [1.82, 2.24) is 10.3 Å². The second-order valence-electron chi connectivity index (χ2n) is 6.07. The second-order valence-corrected chi connectivity index (χ2v) is 6.92. The quantitative estimate of drug-likeness (QED) is 0.843. The molecule has 0 bridgehead atoms. The average Bonchev–Trinajstić information content (AvgIpc) is 2.93. The molecule has 21 heavy (non-hydrogen) atoms. The van der Waals surface area contributed by atoms with Gasteiger partial charge in [0.15, 0.2) is 0 Å². The van der Waals surface area contributed by atoms with Gasteiger partial charge in [0.25, 0.3) is 5.91 Å². The molecule has 2 N–H and O–H groups in total.